The second-order valence-electron chi connectivity index (χ2n) is 4.53. The van der Waals surface area contributed by atoms with Crippen LogP contribution in [0.3, 0.4) is 0 Å². The minimum absolute atomic E-state index is 0.221. The van der Waals surface area contributed by atoms with E-state index in [1.165, 1.54) is 0 Å². The van der Waals surface area contributed by atoms with Crippen LogP contribution in [0.25, 0.3) is 0 Å². The zero-order chi connectivity index (χ0) is 10.9. The molecule has 0 radical (unpaired) electrons. The Labute approximate surface area is 80.4 Å². The average molecular weight is 206 g/mol. The van der Waals surface area contributed by atoms with Crippen molar-refractivity contribution in [1.29, 1.82) is 0 Å². The predicted molar refractivity (Wildman–Crippen MR) is 53.4 cm³/mol. The standard InChI is InChI=1S/C9H18O3S/c1-7(2)13(11,12)6-8(10)9(3,4)5/h7H,6H2,1-5H3. The molecule has 3 nitrogen and oxygen atoms in total. The van der Waals surface area contributed by atoms with Crippen molar-refractivity contribution in [2.45, 2.75) is 39.9 Å². The molecule has 0 heterocycles. The van der Waals surface area contributed by atoms with Crippen LogP contribution < -0.4 is 0 Å². The van der Waals surface area contributed by atoms with Gasteiger partial charge in [0.2, 0.25) is 0 Å². The smallest absolute Gasteiger partial charge is 0.159 e. The molecule has 0 unspecified atom stereocenters. The number of hydrogen-bond acceptors (Lipinski definition) is 3. The van der Waals surface area contributed by atoms with E-state index in [0.29, 0.717) is 0 Å². The topological polar surface area (TPSA) is 51.2 Å². The lowest BCUT2D eigenvalue weighted by Gasteiger charge is -2.17. The van der Waals surface area contributed by atoms with Gasteiger partial charge in [-0.05, 0) is 13.8 Å². The number of carbonyl (C=O) groups excluding carboxylic acids is 1. The molecule has 0 aromatic heterocycles. The quantitative estimate of drug-likeness (QED) is 0.701. The van der Waals surface area contributed by atoms with Crippen molar-refractivity contribution in [3.63, 3.8) is 0 Å². The van der Waals surface area contributed by atoms with Crippen LogP contribution in [0.2, 0.25) is 0 Å². The zero-order valence-electron chi connectivity index (χ0n) is 8.92. The largest absolute Gasteiger partial charge is 0.298 e. The lowest BCUT2D eigenvalue weighted by atomic mass is 9.92. The molecule has 0 aliphatic heterocycles. The Hall–Kier alpha value is -0.380. The summed E-state index contributed by atoms with van der Waals surface area (Å²) in [5.74, 6) is -0.560. The third-order valence-corrected chi connectivity index (χ3v) is 3.99. The van der Waals surface area contributed by atoms with E-state index in [1.807, 2.05) is 0 Å². The number of Topliss-reactive ketones (excluding diaryl/α,β-unsaturated/α-hetero) is 1. The van der Waals surface area contributed by atoms with Crippen molar-refractivity contribution in [3.05, 3.63) is 0 Å². The maximum atomic E-state index is 11.4. The van der Waals surface area contributed by atoms with Crippen LogP contribution in [0.1, 0.15) is 34.6 Å². The number of rotatable bonds is 3. The Bertz CT molecular complexity index is 280. The van der Waals surface area contributed by atoms with Crippen molar-refractivity contribution in [1.82, 2.24) is 0 Å². The van der Waals surface area contributed by atoms with Gasteiger partial charge >= 0.3 is 0 Å². The van der Waals surface area contributed by atoms with E-state index in [-0.39, 0.29) is 11.5 Å². The molecule has 0 amide bonds. The summed E-state index contributed by atoms with van der Waals surface area (Å²) < 4.78 is 22.7. The Balaban J connectivity index is 4.58. The normalized spacial score (nSPS) is 13.4. The second-order valence-corrected chi connectivity index (χ2v) is 7.09. The maximum Gasteiger partial charge on any atom is 0.159 e. The van der Waals surface area contributed by atoms with Crippen LogP contribution in [0.5, 0.6) is 0 Å². The number of carbonyl (C=O) groups is 1. The first-order chi connectivity index (χ1) is 5.57. The highest BCUT2D eigenvalue weighted by Gasteiger charge is 2.28. The molecule has 0 fully saturated rings. The van der Waals surface area contributed by atoms with E-state index < -0.39 is 20.5 Å². The molecule has 0 bridgehead atoms. The lowest BCUT2D eigenvalue weighted by molar-refractivity contribution is -0.123. The van der Waals surface area contributed by atoms with E-state index in [1.54, 1.807) is 34.6 Å². The first-order valence-corrected chi connectivity index (χ1v) is 6.04. The van der Waals surface area contributed by atoms with Crippen LogP contribution in [0.4, 0.5) is 0 Å². The van der Waals surface area contributed by atoms with Crippen molar-refractivity contribution < 1.29 is 13.2 Å². The molecule has 0 saturated heterocycles. The third-order valence-electron chi connectivity index (χ3n) is 1.89. The molecule has 0 N–H and O–H groups in total. The molecule has 0 aliphatic rings. The second kappa shape index (κ2) is 3.78. The van der Waals surface area contributed by atoms with Gasteiger partial charge in [0, 0.05) is 5.41 Å². The molecule has 0 saturated carbocycles. The summed E-state index contributed by atoms with van der Waals surface area (Å²) in [6.45, 7) is 8.36. The lowest BCUT2D eigenvalue weighted by Crippen LogP contribution is -2.31. The molecular formula is C9H18O3S. The van der Waals surface area contributed by atoms with Gasteiger partial charge in [-0.3, -0.25) is 4.79 Å². The van der Waals surface area contributed by atoms with Crippen molar-refractivity contribution in [2.75, 3.05) is 5.75 Å². The van der Waals surface area contributed by atoms with Crippen molar-refractivity contribution >= 4 is 15.6 Å². The van der Waals surface area contributed by atoms with Crippen LogP contribution in [0, 0.1) is 5.41 Å². The Morgan fingerprint density at radius 1 is 1.23 bits per heavy atom. The molecule has 0 aromatic carbocycles. The predicted octanol–water partition coefficient (Wildman–Crippen LogP) is 1.42. The summed E-state index contributed by atoms with van der Waals surface area (Å²) in [5, 5.41) is -0.473. The van der Waals surface area contributed by atoms with Gasteiger partial charge in [-0.25, -0.2) is 8.42 Å². The number of hydrogen-bond donors (Lipinski definition) is 0. The molecule has 0 aromatic rings. The van der Waals surface area contributed by atoms with Gasteiger partial charge in [-0.1, -0.05) is 20.8 Å². The first-order valence-electron chi connectivity index (χ1n) is 4.32. The maximum absolute atomic E-state index is 11.4. The molecule has 13 heavy (non-hydrogen) atoms. The van der Waals surface area contributed by atoms with Gasteiger partial charge in [-0.2, -0.15) is 0 Å². The van der Waals surface area contributed by atoms with E-state index in [2.05, 4.69) is 0 Å². The fourth-order valence-electron chi connectivity index (χ4n) is 0.566. The van der Waals surface area contributed by atoms with Crippen LogP contribution in [-0.4, -0.2) is 25.2 Å². The zero-order valence-corrected chi connectivity index (χ0v) is 9.73. The fourth-order valence-corrected chi connectivity index (χ4v) is 1.70. The van der Waals surface area contributed by atoms with Crippen LogP contribution >= 0.6 is 0 Å². The molecule has 0 rings (SSSR count). The van der Waals surface area contributed by atoms with Crippen LogP contribution in [0.15, 0.2) is 0 Å². The Morgan fingerprint density at radius 2 is 1.62 bits per heavy atom. The molecule has 4 heteroatoms. The van der Waals surface area contributed by atoms with Gasteiger partial charge in [0.05, 0.1) is 5.25 Å². The minimum atomic E-state index is -3.23. The Morgan fingerprint density at radius 3 is 1.85 bits per heavy atom. The molecule has 0 atom stereocenters. The van der Waals surface area contributed by atoms with Crippen molar-refractivity contribution in [2.24, 2.45) is 5.41 Å². The highest BCUT2D eigenvalue weighted by Crippen LogP contribution is 2.16. The monoisotopic (exact) mass is 206 g/mol. The summed E-state index contributed by atoms with van der Waals surface area (Å²) in [6, 6.07) is 0. The van der Waals surface area contributed by atoms with Gasteiger partial charge in [-0.15, -0.1) is 0 Å². The van der Waals surface area contributed by atoms with E-state index in [9.17, 15) is 13.2 Å². The summed E-state index contributed by atoms with van der Waals surface area (Å²) in [4.78, 5) is 11.4. The van der Waals surface area contributed by atoms with Crippen LogP contribution in [-0.2, 0) is 14.6 Å². The fraction of sp³-hybridized carbons (Fsp3) is 0.889. The van der Waals surface area contributed by atoms with Gasteiger partial charge in [0.25, 0.3) is 0 Å². The minimum Gasteiger partial charge on any atom is -0.298 e. The highest BCUT2D eigenvalue weighted by molar-refractivity contribution is 7.92. The summed E-state index contributed by atoms with van der Waals surface area (Å²) in [6.07, 6.45) is 0. The van der Waals surface area contributed by atoms with E-state index in [4.69, 9.17) is 0 Å². The molecular weight excluding hydrogens is 188 g/mol. The number of ketones is 1. The summed E-state index contributed by atoms with van der Waals surface area (Å²) in [7, 11) is -3.23. The van der Waals surface area contributed by atoms with E-state index >= 15 is 0 Å². The van der Waals surface area contributed by atoms with Gasteiger partial charge < -0.3 is 0 Å². The molecule has 0 aliphatic carbocycles. The number of sulfone groups is 1. The highest BCUT2D eigenvalue weighted by atomic mass is 32.2. The average Bonchev–Trinajstić information content (AvgIpc) is 1.83. The van der Waals surface area contributed by atoms with E-state index in [0.717, 1.165) is 0 Å². The molecule has 78 valence electrons. The Kier molecular flexibility index (Phi) is 3.67. The third kappa shape index (κ3) is 3.89. The van der Waals surface area contributed by atoms with Crippen molar-refractivity contribution in [3.8, 4) is 0 Å². The van der Waals surface area contributed by atoms with Gasteiger partial charge in [0.15, 0.2) is 15.6 Å². The SMILES string of the molecule is CC(C)S(=O)(=O)CC(=O)C(C)(C)C. The van der Waals surface area contributed by atoms with Gasteiger partial charge in [0.1, 0.15) is 5.75 Å². The summed E-state index contributed by atoms with van der Waals surface area (Å²) >= 11 is 0. The summed E-state index contributed by atoms with van der Waals surface area (Å²) in [5.41, 5.74) is -0.567. The first kappa shape index (κ1) is 12.6. The molecule has 0 spiro atoms.